The maximum atomic E-state index is 11.9. The molecule has 0 saturated carbocycles. The molecule has 1 fully saturated rings. The minimum absolute atomic E-state index is 0.0515. The van der Waals surface area contributed by atoms with Gasteiger partial charge in [0.1, 0.15) is 12.2 Å². The Bertz CT molecular complexity index is 645. The third-order valence-electron chi connectivity index (χ3n) is 3.84. The van der Waals surface area contributed by atoms with Crippen molar-refractivity contribution in [3.63, 3.8) is 0 Å². The third-order valence-corrected chi connectivity index (χ3v) is 3.84. The van der Waals surface area contributed by atoms with Crippen LogP contribution < -0.4 is 0 Å². The maximum Gasteiger partial charge on any atom is 0.248 e. The highest BCUT2D eigenvalue weighted by atomic mass is 16.7. The molecule has 23 heavy (non-hydrogen) atoms. The molecule has 5 nitrogen and oxygen atoms in total. The molecular formula is C18H19NO4. The van der Waals surface area contributed by atoms with E-state index in [0.29, 0.717) is 5.06 Å². The molecule has 0 spiro atoms. The highest BCUT2D eigenvalue weighted by Gasteiger charge is 2.39. The first-order valence-electron chi connectivity index (χ1n) is 7.51. The van der Waals surface area contributed by atoms with Crippen molar-refractivity contribution in [3.05, 3.63) is 71.8 Å². The van der Waals surface area contributed by atoms with Crippen LogP contribution in [0.1, 0.15) is 29.9 Å². The van der Waals surface area contributed by atoms with Gasteiger partial charge in [0.05, 0.1) is 6.42 Å². The Labute approximate surface area is 135 Å². The van der Waals surface area contributed by atoms with Gasteiger partial charge >= 0.3 is 0 Å². The average molecular weight is 313 g/mol. The van der Waals surface area contributed by atoms with Gasteiger partial charge in [-0.15, -0.1) is 0 Å². The SMILES string of the molecule is CN(O)C(=O)CC1OC(c2ccccc2)OC1c1ccccc1. The van der Waals surface area contributed by atoms with Crippen LogP contribution in [0.15, 0.2) is 60.7 Å². The predicted octanol–water partition coefficient (Wildman–Crippen LogP) is 3.08. The summed E-state index contributed by atoms with van der Waals surface area (Å²) in [6.45, 7) is 0. The second-order valence-corrected chi connectivity index (χ2v) is 5.51. The molecule has 5 heteroatoms. The van der Waals surface area contributed by atoms with Crippen molar-refractivity contribution < 1.29 is 19.5 Å². The quantitative estimate of drug-likeness (QED) is 0.696. The van der Waals surface area contributed by atoms with Gasteiger partial charge in [0.2, 0.25) is 5.91 Å². The van der Waals surface area contributed by atoms with Gasteiger partial charge in [-0.05, 0) is 5.56 Å². The van der Waals surface area contributed by atoms with Crippen LogP contribution in [0.5, 0.6) is 0 Å². The number of rotatable bonds is 4. The van der Waals surface area contributed by atoms with Gasteiger partial charge in [-0.2, -0.15) is 0 Å². The van der Waals surface area contributed by atoms with Gasteiger partial charge in [0, 0.05) is 12.6 Å². The van der Waals surface area contributed by atoms with Crippen molar-refractivity contribution in [2.24, 2.45) is 0 Å². The van der Waals surface area contributed by atoms with Gasteiger partial charge in [0.25, 0.3) is 0 Å². The Morgan fingerprint density at radius 3 is 2.13 bits per heavy atom. The van der Waals surface area contributed by atoms with Crippen molar-refractivity contribution in [1.29, 1.82) is 0 Å². The van der Waals surface area contributed by atoms with Crippen molar-refractivity contribution in [1.82, 2.24) is 5.06 Å². The van der Waals surface area contributed by atoms with E-state index in [0.717, 1.165) is 11.1 Å². The minimum atomic E-state index is -0.525. The summed E-state index contributed by atoms with van der Waals surface area (Å²) in [7, 11) is 1.31. The van der Waals surface area contributed by atoms with Crippen LogP contribution in [0.4, 0.5) is 0 Å². The van der Waals surface area contributed by atoms with Crippen molar-refractivity contribution in [2.45, 2.75) is 24.9 Å². The van der Waals surface area contributed by atoms with Crippen molar-refractivity contribution in [3.8, 4) is 0 Å². The van der Waals surface area contributed by atoms with E-state index < -0.39 is 18.3 Å². The van der Waals surface area contributed by atoms with Crippen LogP contribution in [0, 0.1) is 0 Å². The molecule has 0 aromatic heterocycles. The molecule has 3 atom stereocenters. The summed E-state index contributed by atoms with van der Waals surface area (Å²) in [5.41, 5.74) is 1.85. The molecule has 1 aliphatic rings. The second-order valence-electron chi connectivity index (χ2n) is 5.51. The number of amides is 1. The lowest BCUT2D eigenvalue weighted by atomic mass is 10.0. The van der Waals surface area contributed by atoms with Crippen LogP contribution in [-0.2, 0) is 14.3 Å². The zero-order chi connectivity index (χ0) is 16.2. The lowest BCUT2D eigenvalue weighted by Gasteiger charge is -2.17. The van der Waals surface area contributed by atoms with Crippen molar-refractivity contribution in [2.75, 3.05) is 7.05 Å². The van der Waals surface area contributed by atoms with Gasteiger partial charge in [-0.3, -0.25) is 10.0 Å². The fourth-order valence-electron chi connectivity index (χ4n) is 2.65. The van der Waals surface area contributed by atoms with E-state index in [2.05, 4.69) is 0 Å². The molecule has 0 bridgehead atoms. The molecule has 3 unspecified atom stereocenters. The average Bonchev–Trinajstić information content (AvgIpc) is 3.00. The number of carbonyl (C=O) groups is 1. The Kier molecular flexibility index (Phi) is 4.71. The second kappa shape index (κ2) is 6.91. The summed E-state index contributed by atoms with van der Waals surface area (Å²) in [5, 5.41) is 9.89. The Hall–Kier alpha value is -2.21. The highest BCUT2D eigenvalue weighted by Crippen LogP contribution is 2.41. The monoisotopic (exact) mass is 313 g/mol. The molecule has 0 aliphatic carbocycles. The summed E-state index contributed by atoms with van der Waals surface area (Å²) < 4.78 is 12.0. The molecule has 0 radical (unpaired) electrons. The summed E-state index contributed by atoms with van der Waals surface area (Å²) >= 11 is 0. The normalized spacial score (nSPS) is 23.7. The van der Waals surface area contributed by atoms with E-state index in [9.17, 15) is 10.0 Å². The van der Waals surface area contributed by atoms with E-state index in [1.54, 1.807) is 0 Å². The minimum Gasteiger partial charge on any atom is -0.341 e. The molecule has 3 rings (SSSR count). The van der Waals surface area contributed by atoms with E-state index in [1.165, 1.54) is 7.05 Å². The molecule has 1 heterocycles. The zero-order valence-electron chi connectivity index (χ0n) is 12.8. The van der Waals surface area contributed by atoms with Crippen molar-refractivity contribution >= 4 is 5.91 Å². The van der Waals surface area contributed by atoms with Gasteiger partial charge in [-0.1, -0.05) is 60.7 Å². The fraction of sp³-hybridized carbons (Fsp3) is 0.278. The number of hydrogen-bond donors (Lipinski definition) is 1. The topological polar surface area (TPSA) is 59.0 Å². The Morgan fingerprint density at radius 1 is 1.00 bits per heavy atom. The van der Waals surface area contributed by atoms with Crippen LogP contribution in [0.2, 0.25) is 0 Å². The predicted molar refractivity (Wildman–Crippen MR) is 83.5 cm³/mol. The zero-order valence-corrected chi connectivity index (χ0v) is 12.8. The summed E-state index contributed by atoms with van der Waals surface area (Å²) in [6, 6.07) is 19.3. The van der Waals surface area contributed by atoms with Gasteiger partial charge in [-0.25, -0.2) is 5.06 Å². The van der Waals surface area contributed by atoms with Crippen LogP contribution >= 0.6 is 0 Å². The third kappa shape index (κ3) is 3.59. The molecule has 2 aromatic rings. The lowest BCUT2D eigenvalue weighted by Crippen LogP contribution is -2.29. The molecule has 1 N–H and O–H groups in total. The molecule has 1 aliphatic heterocycles. The Balaban J connectivity index is 1.83. The number of carbonyl (C=O) groups excluding carboxylic acids is 1. The first-order valence-corrected chi connectivity index (χ1v) is 7.51. The molecule has 1 saturated heterocycles. The molecular weight excluding hydrogens is 294 g/mol. The standard InChI is InChI=1S/C18H19NO4/c1-19(21)16(20)12-15-17(13-8-4-2-5-9-13)23-18(22-15)14-10-6-3-7-11-14/h2-11,15,17-18,21H,12H2,1H3. The number of benzene rings is 2. The van der Waals surface area contributed by atoms with Crippen LogP contribution in [0.3, 0.4) is 0 Å². The number of hydroxylamine groups is 2. The molecule has 2 aromatic carbocycles. The summed E-state index contributed by atoms with van der Waals surface area (Å²) in [5.74, 6) is -0.409. The number of hydrogen-bond acceptors (Lipinski definition) is 4. The summed E-state index contributed by atoms with van der Waals surface area (Å²) in [4.78, 5) is 11.9. The first-order chi connectivity index (χ1) is 11.1. The van der Waals surface area contributed by atoms with E-state index >= 15 is 0 Å². The fourth-order valence-corrected chi connectivity index (χ4v) is 2.65. The summed E-state index contributed by atoms with van der Waals surface area (Å²) in [6.07, 6.45) is -1.28. The van der Waals surface area contributed by atoms with E-state index in [4.69, 9.17) is 9.47 Å². The number of nitrogens with zero attached hydrogens (tertiary/aromatic N) is 1. The number of ether oxygens (including phenoxy) is 2. The van der Waals surface area contributed by atoms with Gasteiger partial charge < -0.3 is 9.47 Å². The maximum absolute atomic E-state index is 11.9. The highest BCUT2D eigenvalue weighted by molar-refractivity contribution is 5.75. The van der Waals surface area contributed by atoms with E-state index in [-0.39, 0.29) is 12.5 Å². The van der Waals surface area contributed by atoms with E-state index in [1.807, 2.05) is 60.7 Å². The largest absolute Gasteiger partial charge is 0.341 e. The smallest absolute Gasteiger partial charge is 0.248 e. The Morgan fingerprint density at radius 2 is 1.57 bits per heavy atom. The molecule has 1 amide bonds. The van der Waals surface area contributed by atoms with Crippen LogP contribution in [0.25, 0.3) is 0 Å². The van der Waals surface area contributed by atoms with Gasteiger partial charge in [0.15, 0.2) is 6.29 Å². The lowest BCUT2D eigenvalue weighted by molar-refractivity contribution is -0.162. The van der Waals surface area contributed by atoms with Crippen LogP contribution in [-0.4, -0.2) is 29.3 Å². The first kappa shape index (κ1) is 15.7. The molecule has 120 valence electrons.